The van der Waals surface area contributed by atoms with Crippen LogP contribution < -0.4 is 0 Å². The third-order valence-electron chi connectivity index (χ3n) is 2.63. The molecule has 0 saturated heterocycles. The van der Waals surface area contributed by atoms with Crippen molar-refractivity contribution in [2.45, 2.75) is 0 Å². The van der Waals surface area contributed by atoms with Crippen LogP contribution in [0.1, 0.15) is 15.9 Å². The number of phenolic OH excluding ortho intramolecular Hbond substituents is 2. The van der Waals surface area contributed by atoms with E-state index < -0.39 is 0 Å². The second kappa shape index (κ2) is 5.99. The molecule has 3 nitrogen and oxygen atoms in total. The number of allylic oxidation sites excluding steroid dienone is 1. The Morgan fingerprint density at radius 2 is 1.75 bits per heavy atom. The molecule has 0 aliphatic carbocycles. The zero-order valence-electron chi connectivity index (χ0n) is 10.2. The van der Waals surface area contributed by atoms with Gasteiger partial charge in [-0.2, -0.15) is 0 Å². The fourth-order valence-electron chi connectivity index (χ4n) is 1.59. The van der Waals surface area contributed by atoms with E-state index >= 15 is 0 Å². The first kappa shape index (κ1) is 14.4. The predicted octanol–water partition coefficient (Wildman–Crippen LogP) is 4.30. The monoisotopic (exact) mass is 308 g/mol. The Balaban J connectivity index is 2.24. The zero-order valence-corrected chi connectivity index (χ0v) is 11.7. The van der Waals surface area contributed by atoms with E-state index in [0.717, 1.165) is 0 Å². The van der Waals surface area contributed by atoms with Gasteiger partial charge in [-0.3, -0.25) is 4.79 Å². The van der Waals surface area contributed by atoms with E-state index in [4.69, 9.17) is 23.2 Å². The highest BCUT2D eigenvalue weighted by molar-refractivity contribution is 6.42. The molecule has 2 aromatic carbocycles. The van der Waals surface area contributed by atoms with Crippen molar-refractivity contribution in [1.29, 1.82) is 0 Å². The minimum atomic E-state index is -0.286. The van der Waals surface area contributed by atoms with Gasteiger partial charge >= 0.3 is 0 Å². The van der Waals surface area contributed by atoms with Crippen molar-refractivity contribution in [2.24, 2.45) is 0 Å². The summed E-state index contributed by atoms with van der Waals surface area (Å²) in [6.45, 7) is 0. The highest BCUT2D eigenvalue weighted by Gasteiger charge is 2.06. The largest absolute Gasteiger partial charge is 0.508 e. The first-order valence-electron chi connectivity index (χ1n) is 5.67. The summed E-state index contributed by atoms with van der Waals surface area (Å²) in [5, 5.41) is 19.6. The minimum absolute atomic E-state index is 0.00411. The van der Waals surface area contributed by atoms with Gasteiger partial charge in [-0.15, -0.1) is 0 Å². The number of hydrogen-bond donors (Lipinski definition) is 2. The fourth-order valence-corrected chi connectivity index (χ4v) is 1.88. The lowest BCUT2D eigenvalue weighted by molar-refractivity contribution is 0.104. The van der Waals surface area contributed by atoms with Crippen LogP contribution in [-0.2, 0) is 0 Å². The fraction of sp³-hybridized carbons (Fsp3) is 0. The Morgan fingerprint density at radius 3 is 2.45 bits per heavy atom. The van der Waals surface area contributed by atoms with Gasteiger partial charge in [0.2, 0.25) is 0 Å². The van der Waals surface area contributed by atoms with E-state index in [1.54, 1.807) is 6.07 Å². The van der Waals surface area contributed by atoms with Gasteiger partial charge in [0.25, 0.3) is 0 Å². The number of hydrogen-bond acceptors (Lipinski definition) is 3. The van der Waals surface area contributed by atoms with Crippen molar-refractivity contribution in [1.82, 2.24) is 0 Å². The summed E-state index contributed by atoms with van der Waals surface area (Å²) < 4.78 is 0. The van der Waals surface area contributed by atoms with Gasteiger partial charge in [0, 0.05) is 11.1 Å². The molecule has 2 aromatic rings. The summed E-state index contributed by atoms with van der Waals surface area (Å²) in [5.41, 5.74) is 0.730. The molecule has 0 aromatic heterocycles. The summed E-state index contributed by atoms with van der Waals surface area (Å²) >= 11 is 11.6. The normalized spacial score (nSPS) is 10.9. The lowest BCUT2D eigenvalue weighted by Gasteiger charge is -2.01. The standard InChI is InChI=1S/C15H10Cl2O3/c16-12-4-1-10(8-13(12)17)14(19)5-2-9-7-11(18)3-6-15(9)20/h1-8,18,20H/b5-2+. The van der Waals surface area contributed by atoms with Crippen LogP contribution in [-0.4, -0.2) is 16.0 Å². The van der Waals surface area contributed by atoms with Crippen LogP contribution in [0.2, 0.25) is 10.0 Å². The van der Waals surface area contributed by atoms with Crippen LogP contribution in [0.4, 0.5) is 0 Å². The topological polar surface area (TPSA) is 57.5 Å². The van der Waals surface area contributed by atoms with Crippen LogP contribution in [0.3, 0.4) is 0 Å². The van der Waals surface area contributed by atoms with Crippen molar-refractivity contribution in [3.8, 4) is 11.5 Å². The summed E-state index contributed by atoms with van der Waals surface area (Å²) in [7, 11) is 0. The van der Waals surface area contributed by atoms with Crippen LogP contribution in [0, 0.1) is 0 Å². The molecule has 0 unspecified atom stereocenters. The molecule has 0 aliphatic rings. The van der Waals surface area contributed by atoms with E-state index in [9.17, 15) is 15.0 Å². The molecule has 2 N–H and O–H groups in total. The molecular weight excluding hydrogens is 299 g/mol. The molecule has 102 valence electrons. The summed E-state index contributed by atoms with van der Waals surface area (Å²) in [5.74, 6) is -0.309. The molecule has 5 heteroatoms. The lowest BCUT2D eigenvalue weighted by Crippen LogP contribution is -1.93. The van der Waals surface area contributed by atoms with Gasteiger partial charge in [-0.05, 0) is 48.6 Å². The van der Waals surface area contributed by atoms with E-state index in [1.807, 2.05) is 0 Å². The number of halogens is 2. The molecule has 0 aliphatic heterocycles. The number of phenols is 2. The van der Waals surface area contributed by atoms with Gasteiger partial charge < -0.3 is 10.2 Å². The second-order valence-corrected chi connectivity index (χ2v) is 4.88. The first-order chi connectivity index (χ1) is 9.47. The van der Waals surface area contributed by atoms with Crippen molar-refractivity contribution in [3.63, 3.8) is 0 Å². The second-order valence-electron chi connectivity index (χ2n) is 4.07. The van der Waals surface area contributed by atoms with Crippen LogP contribution in [0.15, 0.2) is 42.5 Å². The molecule has 0 radical (unpaired) electrons. The summed E-state index contributed by atoms with van der Waals surface area (Å²) in [4.78, 5) is 11.9. The van der Waals surface area contributed by atoms with Gasteiger partial charge in [0.1, 0.15) is 11.5 Å². The van der Waals surface area contributed by atoms with E-state index in [1.165, 1.54) is 42.5 Å². The van der Waals surface area contributed by atoms with Gasteiger partial charge in [-0.1, -0.05) is 23.2 Å². The summed E-state index contributed by atoms with van der Waals surface area (Å²) in [6.07, 6.45) is 2.70. The summed E-state index contributed by atoms with van der Waals surface area (Å²) in [6, 6.07) is 8.62. The number of rotatable bonds is 3. The average Bonchev–Trinajstić information content (AvgIpc) is 2.42. The quantitative estimate of drug-likeness (QED) is 0.505. The first-order valence-corrected chi connectivity index (χ1v) is 6.42. The Bertz CT molecular complexity index is 694. The van der Waals surface area contributed by atoms with E-state index in [-0.39, 0.29) is 17.3 Å². The Labute approximate surface area is 125 Å². The minimum Gasteiger partial charge on any atom is -0.508 e. The van der Waals surface area contributed by atoms with Crippen LogP contribution >= 0.6 is 23.2 Å². The van der Waals surface area contributed by atoms with Crippen LogP contribution in [0.5, 0.6) is 11.5 Å². The smallest absolute Gasteiger partial charge is 0.185 e. The van der Waals surface area contributed by atoms with Gasteiger partial charge in [-0.25, -0.2) is 0 Å². The number of benzene rings is 2. The van der Waals surface area contributed by atoms with Gasteiger partial charge in [0.05, 0.1) is 10.0 Å². The average molecular weight is 309 g/mol. The van der Waals surface area contributed by atoms with E-state index in [2.05, 4.69) is 0 Å². The lowest BCUT2D eigenvalue weighted by atomic mass is 10.1. The van der Waals surface area contributed by atoms with Crippen molar-refractivity contribution < 1.29 is 15.0 Å². The number of carbonyl (C=O) groups is 1. The molecule has 0 amide bonds. The molecule has 20 heavy (non-hydrogen) atoms. The Hall–Kier alpha value is -1.97. The zero-order chi connectivity index (χ0) is 14.7. The molecule has 2 rings (SSSR count). The Morgan fingerprint density at radius 1 is 1.00 bits per heavy atom. The third kappa shape index (κ3) is 3.32. The molecule has 0 bridgehead atoms. The van der Waals surface area contributed by atoms with Gasteiger partial charge in [0.15, 0.2) is 5.78 Å². The number of carbonyl (C=O) groups excluding carboxylic acids is 1. The number of ketones is 1. The highest BCUT2D eigenvalue weighted by Crippen LogP contribution is 2.25. The molecule has 0 spiro atoms. The Kier molecular flexibility index (Phi) is 4.32. The third-order valence-corrected chi connectivity index (χ3v) is 3.37. The maximum atomic E-state index is 11.9. The maximum Gasteiger partial charge on any atom is 0.185 e. The molecule has 0 heterocycles. The van der Waals surface area contributed by atoms with Crippen molar-refractivity contribution in [2.75, 3.05) is 0 Å². The van der Waals surface area contributed by atoms with Crippen molar-refractivity contribution >= 4 is 35.1 Å². The molecule has 0 fully saturated rings. The molecule has 0 saturated carbocycles. The predicted molar refractivity (Wildman–Crippen MR) is 79.6 cm³/mol. The molecular formula is C15H10Cl2O3. The van der Waals surface area contributed by atoms with Crippen molar-refractivity contribution in [3.05, 3.63) is 63.6 Å². The molecule has 0 atom stereocenters. The van der Waals surface area contributed by atoms with E-state index in [0.29, 0.717) is 21.2 Å². The maximum absolute atomic E-state index is 11.9. The highest BCUT2D eigenvalue weighted by atomic mass is 35.5. The van der Waals surface area contributed by atoms with Crippen LogP contribution in [0.25, 0.3) is 6.08 Å². The number of aromatic hydroxyl groups is 2. The SMILES string of the molecule is O=C(/C=C/c1cc(O)ccc1O)c1ccc(Cl)c(Cl)c1.